The zero-order valence-corrected chi connectivity index (χ0v) is 9.06. The van der Waals surface area contributed by atoms with Gasteiger partial charge < -0.3 is 9.30 Å². The number of rotatable bonds is 2. The maximum atomic E-state index is 11.6. The number of ether oxygens (including phenoxy) is 1. The van der Waals surface area contributed by atoms with Crippen LogP contribution in [0.15, 0.2) is 24.3 Å². The van der Waals surface area contributed by atoms with Crippen molar-refractivity contribution in [1.29, 1.82) is 0 Å². The third kappa shape index (κ3) is 1.31. The van der Waals surface area contributed by atoms with E-state index in [1.165, 1.54) is 7.11 Å². The monoisotopic (exact) mass is 217 g/mol. The van der Waals surface area contributed by atoms with Crippen molar-refractivity contribution in [3.63, 3.8) is 0 Å². The highest BCUT2D eigenvalue weighted by Gasteiger charge is 2.20. The Morgan fingerprint density at radius 3 is 2.69 bits per heavy atom. The molecule has 0 unspecified atom stereocenters. The Labute approximate surface area is 92.4 Å². The van der Waals surface area contributed by atoms with Crippen LogP contribution in [0, 0.1) is 0 Å². The van der Waals surface area contributed by atoms with Crippen molar-refractivity contribution in [1.82, 2.24) is 4.57 Å². The van der Waals surface area contributed by atoms with Gasteiger partial charge in [-0.1, -0.05) is 18.2 Å². The van der Waals surface area contributed by atoms with Gasteiger partial charge in [0.15, 0.2) is 6.29 Å². The number of aldehydes is 1. The molecule has 1 aromatic carbocycles. The first-order valence-electron chi connectivity index (χ1n) is 4.81. The van der Waals surface area contributed by atoms with Crippen LogP contribution >= 0.6 is 0 Å². The maximum Gasteiger partial charge on any atom is 0.340 e. The summed E-state index contributed by atoms with van der Waals surface area (Å²) in [5.74, 6) is -0.487. The minimum atomic E-state index is -0.487. The lowest BCUT2D eigenvalue weighted by atomic mass is 10.1. The van der Waals surface area contributed by atoms with Crippen molar-refractivity contribution in [2.45, 2.75) is 0 Å². The van der Waals surface area contributed by atoms with Gasteiger partial charge in [-0.3, -0.25) is 4.79 Å². The Hall–Kier alpha value is -2.10. The second-order valence-electron chi connectivity index (χ2n) is 3.45. The van der Waals surface area contributed by atoms with E-state index in [1.54, 1.807) is 17.7 Å². The Morgan fingerprint density at radius 1 is 1.38 bits per heavy atom. The SMILES string of the molecule is COC(=O)c1c(C=O)n(C)c2ccccc12. The highest BCUT2D eigenvalue weighted by molar-refractivity contribution is 6.10. The topological polar surface area (TPSA) is 48.3 Å². The Morgan fingerprint density at radius 2 is 2.06 bits per heavy atom. The normalized spacial score (nSPS) is 10.4. The van der Waals surface area contributed by atoms with Gasteiger partial charge in [0, 0.05) is 18.0 Å². The Kier molecular flexibility index (Phi) is 2.48. The standard InChI is InChI=1S/C12H11NO3/c1-13-9-6-4-3-5-8(9)11(10(13)7-14)12(15)16-2/h3-7H,1-2H3. The van der Waals surface area contributed by atoms with E-state index in [2.05, 4.69) is 4.74 Å². The average molecular weight is 217 g/mol. The fourth-order valence-electron chi connectivity index (χ4n) is 1.87. The number of carbonyl (C=O) groups excluding carboxylic acids is 2. The Bertz CT molecular complexity index is 569. The van der Waals surface area contributed by atoms with Gasteiger partial charge in [0.25, 0.3) is 0 Å². The molecule has 4 nitrogen and oxygen atoms in total. The molecule has 2 rings (SSSR count). The van der Waals surface area contributed by atoms with E-state index in [1.807, 2.05) is 18.2 Å². The first-order valence-corrected chi connectivity index (χ1v) is 4.81. The minimum Gasteiger partial charge on any atom is -0.465 e. The second-order valence-corrected chi connectivity index (χ2v) is 3.45. The molecule has 0 spiro atoms. The lowest BCUT2D eigenvalue weighted by Crippen LogP contribution is -2.05. The van der Waals surface area contributed by atoms with Crippen molar-refractivity contribution in [3.8, 4) is 0 Å². The fraction of sp³-hybridized carbons (Fsp3) is 0.167. The number of esters is 1. The number of hydrogen-bond acceptors (Lipinski definition) is 3. The zero-order valence-electron chi connectivity index (χ0n) is 9.06. The van der Waals surface area contributed by atoms with E-state index in [0.717, 1.165) is 10.9 Å². The molecule has 1 heterocycles. The first kappa shape index (κ1) is 10.4. The highest BCUT2D eigenvalue weighted by atomic mass is 16.5. The number of fused-ring (bicyclic) bond motifs is 1. The number of aryl methyl sites for hydroxylation is 1. The average Bonchev–Trinajstić information content (AvgIpc) is 2.62. The van der Waals surface area contributed by atoms with Crippen LogP contribution < -0.4 is 0 Å². The summed E-state index contributed by atoms with van der Waals surface area (Å²) >= 11 is 0. The molecule has 0 amide bonds. The molecule has 0 fully saturated rings. The van der Waals surface area contributed by atoms with Crippen LogP contribution in [-0.2, 0) is 11.8 Å². The minimum absolute atomic E-state index is 0.329. The number of nitrogens with zero attached hydrogens (tertiary/aromatic N) is 1. The zero-order chi connectivity index (χ0) is 11.7. The summed E-state index contributed by atoms with van der Waals surface area (Å²) in [5.41, 5.74) is 1.51. The van der Waals surface area contributed by atoms with E-state index in [4.69, 9.17) is 0 Å². The van der Waals surface area contributed by atoms with Gasteiger partial charge in [-0.15, -0.1) is 0 Å². The fourth-order valence-corrected chi connectivity index (χ4v) is 1.87. The molecule has 0 bridgehead atoms. The van der Waals surface area contributed by atoms with Gasteiger partial charge in [0.1, 0.15) is 0 Å². The number of methoxy groups -OCH3 is 1. The molecule has 0 N–H and O–H groups in total. The van der Waals surface area contributed by atoms with E-state index in [-0.39, 0.29) is 0 Å². The van der Waals surface area contributed by atoms with Gasteiger partial charge in [0.2, 0.25) is 0 Å². The molecule has 82 valence electrons. The Balaban J connectivity index is 2.88. The van der Waals surface area contributed by atoms with Gasteiger partial charge in [-0.2, -0.15) is 0 Å². The van der Waals surface area contributed by atoms with E-state index in [9.17, 15) is 9.59 Å². The molecule has 0 aliphatic rings. The van der Waals surface area contributed by atoms with E-state index in [0.29, 0.717) is 17.5 Å². The van der Waals surface area contributed by atoms with Crippen LogP contribution in [0.1, 0.15) is 20.8 Å². The van der Waals surface area contributed by atoms with E-state index >= 15 is 0 Å². The molecule has 16 heavy (non-hydrogen) atoms. The van der Waals surface area contributed by atoms with Crippen molar-refractivity contribution in [3.05, 3.63) is 35.5 Å². The van der Waals surface area contributed by atoms with Crippen molar-refractivity contribution in [2.24, 2.45) is 7.05 Å². The van der Waals surface area contributed by atoms with Crippen LogP contribution in [0.5, 0.6) is 0 Å². The number of aromatic nitrogens is 1. The van der Waals surface area contributed by atoms with Crippen LogP contribution in [0.4, 0.5) is 0 Å². The summed E-state index contributed by atoms with van der Waals surface area (Å²) in [6, 6.07) is 7.34. The smallest absolute Gasteiger partial charge is 0.340 e. The second kappa shape index (κ2) is 3.81. The summed E-state index contributed by atoms with van der Waals surface area (Å²) < 4.78 is 6.38. The van der Waals surface area contributed by atoms with Gasteiger partial charge in [0.05, 0.1) is 18.4 Å². The largest absolute Gasteiger partial charge is 0.465 e. The quantitative estimate of drug-likeness (QED) is 0.569. The first-order chi connectivity index (χ1) is 7.70. The van der Waals surface area contributed by atoms with E-state index < -0.39 is 5.97 Å². The third-order valence-corrected chi connectivity index (χ3v) is 2.65. The summed E-state index contributed by atoms with van der Waals surface area (Å²) in [7, 11) is 3.05. The maximum absolute atomic E-state index is 11.6. The molecular weight excluding hydrogens is 206 g/mol. The van der Waals surface area contributed by atoms with Crippen LogP contribution in [0.25, 0.3) is 10.9 Å². The molecular formula is C12H11NO3. The highest BCUT2D eigenvalue weighted by Crippen LogP contribution is 2.24. The molecule has 4 heteroatoms. The number of hydrogen-bond donors (Lipinski definition) is 0. The lowest BCUT2D eigenvalue weighted by molar-refractivity contribution is 0.0600. The van der Waals surface area contributed by atoms with Crippen LogP contribution in [-0.4, -0.2) is 23.9 Å². The molecule has 0 radical (unpaired) electrons. The summed E-state index contributed by atoms with van der Waals surface area (Å²) in [6.45, 7) is 0. The van der Waals surface area contributed by atoms with Crippen LogP contribution in [0.2, 0.25) is 0 Å². The molecule has 0 aliphatic heterocycles. The number of benzene rings is 1. The summed E-state index contributed by atoms with van der Waals surface area (Å²) in [5, 5.41) is 0.735. The van der Waals surface area contributed by atoms with Gasteiger partial charge in [-0.25, -0.2) is 4.79 Å². The molecule has 0 saturated heterocycles. The lowest BCUT2D eigenvalue weighted by Gasteiger charge is -1.98. The number of carbonyl (C=O) groups is 2. The number of para-hydroxylation sites is 1. The van der Waals surface area contributed by atoms with Gasteiger partial charge in [-0.05, 0) is 6.07 Å². The molecule has 0 aliphatic carbocycles. The molecule has 2 aromatic rings. The summed E-state index contributed by atoms with van der Waals surface area (Å²) in [6.07, 6.45) is 0.673. The van der Waals surface area contributed by atoms with Gasteiger partial charge >= 0.3 is 5.97 Å². The summed E-state index contributed by atoms with van der Waals surface area (Å²) in [4.78, 5) is 22.6. The third-order valence-electron chi connectivity index (χ3n) is 2.65. The molecule has 0 atom stereocenters. The van der Waals surface area contributed by atoms with Crippen LogP contribution in [0.3, 0.4) is 0 Å². The molecule has 0 saturated carbocycles. The van der Waals surface area contributed by atoms with Crippen molar-refractivity contribution in [2.75, 3.05) is 7.11 Å². The predicted octanol–water partition coefficient (Wildman–Crippen LogP) is 1.78. The van der Waals surface area contributed by atoms with Crippen molar-refractivity contribution >= 4 is 23.2 Å². The predicted molar refractivity (Wildman–Crippen MR) is 59.6 cm³/mol. The van der Waals surface area contributed by atoms with Crippen molar-refractivity contribution < 1.29 is 14.3 Å². The molecule has 1 aromatic heterocycles.